The first kappa shape index (κ1) is 9.45. The topological polar surface area (TPSA) is 69.6 Å². The van der Waals surface area contributed by atoms with E-state index in [2.05, 4.69) is 5.23 Å². The Kier molecular flexibility index (Phi) is 4.06. The molecule has 0 aliphatic carbocycles. The van der Waals surface area contributed by atoms with Crippen molar-refractivity contribution in [3.05, 3.63) is 0 Å². The van der Waals surface area contributed by atoms with Crippen LogP contribution in [0, 0.1) is 0 Å². The zero-order valence-electron chi connectivity index (χ0n) is 6.16. The SMILES string of the molecule is CB(O)N[C@H](C)CC(=O)O. The summed E-state index contributed by atoms with van der Waals surface area (Å²) in [5.41, 5.74) is 0. The summed E-state index contributed by atoms with van der Waals surface area (Å²) >= 11 is 0. The third-order valence-corrected chi connectivity index (χ3v) is 1.01. The van der Waals surface area contributed by atoms with Crippen molar-refractivity contribution in [3.8, 4) is 0 Å². The molecule has 1 atom stereocenters. The van der Waals surface area contributed by atoms with Crippen molar-refractivity contribution in [1.82, 2.24) is 5.23 Å². The molecule has 0 aliphatic heterocycles. The molecule has 0 fully saturated rings. The number of carbonyl (C=O) groups is 1. The number of aliphatic carboxylic acids is 1. The maximum Gasteiger partial charge on any atom is 0.373 e. The minimum Gasteiger partial charge on any atom is -0.481 e. The average Bonchev–Trinajstić information content (AvgIpc) is 1.58. The standard InChI is InChI=1S/C5H12BNO3/c1-4(3-5(8)9)7-6(2)10/h4,7,10H,3H2,1-2H3,(H,8,9)/t4-/m1/s1. The maximum absolute atomic E-state index is 10.1. The lowest BCUT2D eigenvalue weighted by atomic mass is 9.87. The third kappa shape index (κ3) is 5.59. The summed E-state index contributed by atoms with van der Waals surface area (Å²) in [6.45, 7) is 3.26. The molecule has 10 heavy (non-hydrogen) atoms. The van der Waals surface area contributed by atoms with Crippen LogP contribution < -0.4 is 5.23 Å². The van der Waals surface area contributed by atoms with Gasteiger partial charge in [-0.1, -0.05) is 6.92 Å². The van der Waals surface area contributed by atoms with Gasteiger partial charge in [-0.15, -0.1) is 0 Å². The number of nitrogens with one attached hydrogen (secondary N) is 1. The monoisotopic (exact) mass is 145 g/mol. The highest BCUT2D eigenvalue weighted by Crippen LogP contribution is 1.89. The molecule has 0 aliphatic rings. The highest BCUT2D eigenvalue weighted by molar-refractivity contribution is 6.45. The van der Waals surface area contributed by atoms with Crippen LogP contribution in [0.25, 0.3) is 0 Å². The fraction of sp³-hybridized carbons (Fsp3) is 0.800. The van der Waals surface area contributed by atoms with Gasteiger partial charge in [0.1, 0.15) is 0 Å². The van der Waals surface area contributed by atoms with Crippen molar-refractivity contribution in [2.45, 2.75) is 26.2 Å². The van der Waals surface area contributed by atoms with Crippen molar-refractivity contribution in [1.29, 1.82) is 0 Å². The second-order valence-electron chi connectivity index (χ2n) is 2.34. The molecule has 0 saturated heterocycles. The van der Waals surface area contributed by atoms with E-state index in [1.807, 2.05) is 0 Å². The van der Waals surface area contributed by atoms with Gasteiger partial charge in [-0.3, -0.25) is 4.79 Å². The van der Waals surface area contributed by atoms with Gasteiger partial charge in [-0.2, -0.15) is 0 Å². The van der Waals surface area contributed by atoms with Crippen LogP contribution in [-0.2, 0) is 4.79 Å². The molecule has 58 valence electrons. The van der Waals surface area contributed by atoms with Crippen molar-refractivity contribution >= 4 is 13.0 Å². The van der Waals surface area contributed by atoms with Crippen molar-refractivity contribution in [2.24, 2.45) is 0 Å². The highest BCUT2D eigenvalue weighted by Gasteiger charge is 2.10. The van der Waals surface area contributed by atoms with E-state index >= 15 is 0 Å². The summed E-state index contributed by atoms with van der Waals surface area (Å²) in [5.74, 6) is -0.861. The zero-order valence-corrected chi connectivity index (χ0v) is 6.16. The Bertz CT molecular complexity index is 117. The quantitative estimate of drug-likeness (QED) is 0.468. The van der Waals surface area contributed by atoms with Crippen LogP contribution in [0.2, 0.25) is 6.82 Å². The normalized spacial score (nSPS) is 12.7. The second kappa shape index (κ2) is 4.30. The van der Waals surface area contributed by atoms with Gasteiger partial charge in [0, 0.05) is 6.04 Å². The molecule has 0 saturated carbocycles. The lowest BCUT2D eigenvalue weighted by molar-refractivity contribution is -0.137. The van der Waals surface area contributed by atoms with Crippen LogP contribution in [0.5, 0.6) is 0 Å². The van der Waals surface area contributed by atoms with Crippen LogP contribution in [0.3, 0.4) is 0 Å². The molecule has 4 nitrogen and oxygen atoms in total. The van der Waals surface area contributed by atoms with Gasteiger partial charge in [0.05, 0.1) is 6.42 Å². The molecule has 5 heteroatoms. The number of carboxylic acids is 1. The Balaban J connectivity index is 3.43. The first-order valence-corrected chi connectivity index (χ1v) is 3.18. The molecule has 0 heterocycles. The van der Waals surface area contributed by atoms with E-state index < -0.39 is 13.0 Å². The van der Waals surface area contributed by atoms with E-state index in [9.17, 15) is 4.79 Å². The van der Waals surface area contributed by atoms with Gasteiger partial charge in [0.15, 0.2) is 0 Å². The molecule has 0 aromatic rings. The van der Waals surface area contributed by atoms with Crippen molar-refractivity contribution in [3.63, 3.8) is 0 Å². The zero-order chi connectivity index (χ0) is 8.15. The summed E-state index contributed by atoms with van der Waals surface area (Å²) in [6, 6.07) is -0.183. The number of rotatable bonds is 4. The van der Waals surface area contributed by atoms with Gasteiger partial charge in [0.2, 0.25) is 0 Å². The Labute approximate surface area is 60.4 Å². The van der Waals surface area contributed by atoms with E-state index in [0.29, 0.717) is 0 Å². The summed E-state index contributed by atoms with van der Waals surface area (Å²) in [5, 5.41) is 19.7. The maximum atomic E-state index is 10.1. The fourth-order valence-electron chi connectivity index (χ4n) is 0.733. The number of hydrogen-bond acceptors (Lipinski definition) is 3. The average molecular weight is 145 g/mol. The molecule has 0 unspecified atom stereocenters. The highest BCUT2D eigenvalue weighted by atomic mass is 16.4. The molecule has 0 rings (SSSR count). The van der Waals surface area contributed by atoms with E-state index in [4.69, 9.17) is 10.1 Å². The van der Waals surface area contributed by atoms with Gasteiger partial charge < -0.3 is 15.4 Å². The van der Waals surface area contributed by atoms with Gasteiger partial charge in [-0.05, 0) is 6.82 Å². The van der Waals surface area contributed by atoms with Crippen LogP contribution in [0.1, 0.15) is 13.3 Å². The largest absolute Gasteiger partial charge is 0.481 e. The molecule has 3 N–H and O–H groups in total. The summed E-state index contributed by atoms with van der Waals surface area (Å²) in [6.07, 6.45) is 0.0326. The first-order valence-electron chi connectivity index (χ1n) is 3.18. The summed E-state index contributed by atoms with van der Waals surface area (Å²) < 4.78 is 0. The lowest BCUT2D eigenvalue weighted by Gasteiger charge is -2.10. The van der Waals surface area contributed by atoms with Gasteiger partial charge in [0.25, 0.3) is 0 Å². The molecule has 0 bridgehead atoms. The third-order valence-electron chi connectivity index (χ3n) is 1.01. The molecule has 0 radical (unpaired) electrons. The number of hydrogen-bond donors (Lipinski definition) is 3. The van der Waals surface area contributed by atoms with E-state index in [1.165, 1.54) is 0 Å². The van der Waals surface area contributed by atoms with Gasteiger partial charge in [-0.25, -0.2) is 0 Å². The van der Waals surface area contributed by atoms with E-state index in [1.54, 1.807) is 13.7 Å². The molecular weight excluding hydrogens is 133 g/mol. The van der Waals surface area contributed by atoms with Crippen LogP contribution in [-0.4, -0.2) is 29.2 Å². The van der Waals surface area contributed by atoms with E-state index in [0.717, 1.165) is 0 Å². The smallest absolute Gasteiger partial charge is 0.373 e. The van der Waals surface area contributed by atoms with Crippen molar-refractivity contribution in [2.75, 3.05) is 0 Å². The molecule has 0 aromatic carbocycles. The number of carboxylic acid groups (broad SMARTS) is 1. The Morgan fingerprint density at radius 2 is 2.30 bits per heavy atom. The van der Waals surface area contributed by atoms with Crippen LogP contribution in [0.15, 0.2) is 0 Å². The van der Waals surface area contributed by atoms with Crippen LogP contribution in [0.4, 0.5) is 0 Å². The minimum atomic E-state index is -0.861. The Morgan fingerprint density at radius 1 is 1.80 bits per heavy atom. The Hall–Kier alpha value is -0.545. The van der Waals surface area contributed by atoms with E-state index in [-0.39, 0.29) is 12.5 Å². The van der Waals surface area contributed by atoms with Crippen LogP contribution >= 0.6 is 0 Å². The first-order chi connectivity index (χ1) is 4.52. The molecule has 0 amide bonds. The predicted molar refractivity (Wildman–Crippen MR) is 38.7 cm³/mol. The summed E-state index contributed by atoms with van der Waals surface area (Å²) in [7, 11) is -0.644. The minimum absolute atomic E-state index is 0.0326. The second-order valence-corrected chi connectivity index (χ2v) is 2.34. The molecule has 0 aromatic heterocycles. The molecular formula is C5H12BNO3. The fourth-order valence-corrected chi connectivity index (χ4v) is 0.733. The summed E-state index contributed by atoms with van der Waals surface area (Å²) in [4.78, 5) is 10.1. The Morgan fingerprint density at radius 3 is 2.60 bits per heavy atom. The van der Waals surface area contributed by atoms with Gasteiger partial charge >= 0.3 is 13.0 Å². The lowest BCUT2D eigenvalue weighted by Crippen LogP contribution is -2.39. The molecule has 0 spiro atoms. The predicted octanol–water partition coefficient (Wildman–Crippen LogP) is -0.451. The van der Waals surface area contributed by atoms with Crippen molar-refractivity contribution < 1.29 is 14.9 Å².